The number of hydrogen-bond acceptors (Lipinski definition) is 0. The Kier molecular flexibility index (Phi) is 2.22. The van der Waals surface area contributed by atoms with E-state index < -0.39 is 0 Å². The van der Waals surface area contributed by atoms with Crippen LogP contribution in [-0.4, -0.2) is 3.92 Å². The molecule has 0 aromatic heterocycles. The molecule has 0 saturated carbocycles. The number of alkyl halides is 1. The van der Waals surface area contributed by atoms with Crippen LogP contribution in [0, 0.1) is 5.92 Å². The van der Waals surface area contributed by atoms with E-state index in [2.05, 4.69) is 66.0 Å². The molecule has 62 valence electrons. The van der Waals surface area contributed by atoms with E-state index in [-0.39, 0.29) is 0 Å². The Morgan fingerprint density at radius 3 is 2.67 bits per heavy atom. The maximum Gasteiger partial charge on any atom is 0.0396 e. The van der Waals surface area contributed by atoms with E-state index in [9.17, 15) is 0 Å². The first-order chi connectivity index (χ1) is 5.79. The highest BCUT2D eigenvalue weighted by Crippen LogP contribution is 2.34. The molecule has 0 amide bonds. The molecule has 0 aromatic rings. The first kappa shape index (κ1) is 8.30. The predicted octanol–water partition coefficient (Wildman–Crippen LogP) is 3.42. The molecule has 0 fully saturated rings. The van der Waals surface area contributed by atoms with Crippen LogP contribution in [0.15, 0.2) is 47.6 Å². The monoisotopic (exact) mass is 270 g/mol. The van der Waals surface area contributed by atoms with Gasteiger partial charge in [0.15, 0.2) is 0 Å². The standard InChI is InChI=1S/C11H11I/c1-8-4-2-6-10-9(8)5-3-7-11(10)12/h2-7,10-11H,1H3. The molecule has 1 heteroatoms. The van der Waals surface area contributed by atoms with Crippen molar-refractivity contribution >= 4 is 22.6 Å². The summed E-state index contributed by atoms with van der Waals surface area (Å²) in [5.74, 6) is 0.612. The zero-order valence-corrected chi connectivity index (χ0v) is 9.15. The van der Waals surface area contributed by atoms with Gasteiger partial charge in [0.2, 0.25) is 0 Å². The summed E-state index contributed by atoms with van der Waals surface area (Å²) in [6.45, 7) is 2.19. The summed E-state index contributed by atoms with van der Waals surface area (Å²) in [5, 5.41) is 0. The van der Waals surface area contributed by atoms with Crippen LogP contribution in [0.25, 0.3) is 0 Å². The minimum atomic E-state index is 0.612. The van der Waals surface area contributed by atoms with Crippen molar-refractivity contribution in [3.05, 3.63) is 47.6 Å². The van der Waals surface area contributed by atoms with Crippen LogP contribution in [0.1, 0.15) is 6.92 Å². The van der Waals surface area contributed by atoms with Gasteiger partial charge in [-0.1, -0.05) is 59.0 Å². The van der Waals surface area contributed by atoms with E-state index in [1.54, 1.807) is 0 Å². The van der Waals surface area contributed by atoms with Crippen LogP contribution in [0.3, 0.4) is 0 Å². The Morgan fingerprint density at radius 2 is 1.92 bits per heavy atom. The second kappa shape index (κ2) is 3.21. The van der Waals surface area contributed by atoms with E-state index in [4.69, 9.17) is 0 Å². The SMILES string of the molecule is CC1=CC=CC2C1=CC=CC2I. The molecule has 0 spiro atoms. The zero-order valence-electron chi connectivity index (χ0n) is 7.00. The van der Waals surface area contributed by atoms with Crippen molar-refractivity contribution in [3.8, 4) is 0 Å². The maximum atomic E-state index is 2.50. The van der Waals surface area contributed by atoms with Crippen LogP contribution in [0.4, 0.5) is 0 Å². The van der Waals surface area contributed by atoms with Crippen molar-refractivity contribution in [1.29, 1.82) is 0 Å². The van der Waals surface area contributed by atoms with Gasteiger partial charge in [-0.15, -0.1) is 0 Å². The lowest BCUT2D eigenvalue weighted by Gasteiger charge is -2.26. The molecule has 0 nitrogen and oxygen atoms in total. The van der Waals surface area contributed by atoms with Crippen LogP contribution in [0.5, 0.6) is 0 Å². The van der Waals surface area contributed by atoms with Crippen molar-refractivity contribution in [1.82, 2.24) is 0 Å². The number of halogens is 1. The van der Waals surface area contributed by atoms with Crippen LogP contribution >= 0.6 is 22.6 Å². The average molecular weight is 270 g/mol. The molecular formula is C11H11I. The van der Waals surface area contributed by atoms with E-state index in [0.717, 1.165) is 0 Å². The Morgan fingerprint density at radius 1 is 1.17 bits per heavy atom. The number of allylic oxidation sites excluding steroid dienone is 8. The molecule has 2 atom stereocenters. The Hall–Kier alpha value is -0.310. The second-order valence-electron chi connectivity index (χ2n) is 3.21. The van der Waals surface area contributed by atoms with Gasteiger partial charge in [-0.3, -0.25) is 0 Å². The minimum Gasteiger partial charge on any atom is -0.0771 e. The van der Waals surface area contributed by atoms with Crippen LogP contribution in [0.2, 0.25) is 0 Å². The van der Waals surface area contributed by atoms with Crippen molar-refractivity contribution in [2.75, 3.05) is 0 Å². The minimum absolute atomic E-state index is 0.612. The van der Waals surface area contributed by atoms with E-state index in [0.29, 0.717) is 9.84 Å². The van der Waals surface area contributed by atoms with E-state index in [1.165, 1.54) is 11.1 Å². The lowest BCUT2D eigenvalue weighted by atomic mass is 9.84. The maximum absolute atomic E-state index is 2.50. The summed E-state index contributed by atoms with van der Waals surface area (Å²) in [7, 11) is 0. The summed E-state index contributed by atoms with van der Waals surface area (Å²) in [4.78, 5) is 0. The highest BCUT2D eigenvalue weighted by Gasteiger charge is 2.22. The number of hydrogen-bond donors (Lipinski definition) is 0. The summed E-state index contributed by atoms with van der Waals surface area (Å²) < 4.78 is 0.627. The molecule has 2 unspecified atom stereocenters. The van der Waals surface area contributed by atoms with Crippen molar-refractivity contribution < 1.29 is 0 Å². The highest BCUT2D eigenvalue weighted by atomic mass is 127. The van der Waals surface area contributed by atoms with Gasteiger partial charge in [-0.25, -0.2) is 0 Å². The molecule has 12 heavy (non-hydrogen) atoms. The predicted molar refractivity (Wildman–Crippen MR) is 61.4 cm³/mol. The Balaban J connectivity index is 2.41. The molecule has 2 rings (SSSR count). The third-order valence-corrected chi connectivity index (χ3v) is 3.58. The van der Waals surface area contributed by atoms with E-state index in [1.807, 2.05) is 0 Å². The summed E-state index contributed by atoms with van der Waals surface area (Å²) in [6, 6.07) is 0. The third-order valence-electron chi connectivity index (χ3n) is 2.39. The fourth-order valence-electron chi connectivity index (χ4n) is 1.69. The molecule has 0 saturated heterocycles. The fraction of sp³-hybridized carbons (Fsp3) is 0.273. The normalized spacial score (nSPS) is 32.5. The van der Waals surface area contributed by atoms with Crippen LogP contribution < -0.4 is 0 Å². The molecule has 0 aromatic carbocycles. The van der Waals surface area contributed by atoms with Crippen molar-refractivity contribution in [2.24, 2.45) is 5.92 Å². The fourth-order valence-corrected chi connectivity index (χ4v) is 2.55. The Labute approximate surface area is 86.9 Å². The molecule has 2 aliphatic rings. The summed E-state index contributed by atoms with van der Waals surface area (Å²) in [5.41, 5.74) is 2.90. The molecule has 0 bridgehead atoms. The molecule has 2 aliphatic carbocycles. The highest BCUT2D eigenvalue weighted by molar-refractivity contribution is 14.1. The molecule has 0 aliphatic heterocycles. The molecular weight excluding hydrogens is 259 g/mol. The lowest BCUT2D eigenvalue weighted by Crippen LogP contribution is -2.17. The van der Waals surface area contributed by atoms with Gasteiger partial charge in [-0.05, 0) is 18.1 Å². The first-order valence-electron chi connectivity index (χ1n) is 4.17. The van der Waals surface area contributed by atoms with Gasteiger partial charge < -0.3 is 0 Å². The largest absolute Gasteiger partial charge is 0.0771 e. The molecule has 0 N–H and O–H groups in total. The molecule has 0 radical (unpaired) electrons. The Bertz CT molecular complexity index is 305. The lowest BCUT2D eigenvalue weighted by molar-refractivity contribution is 0.801. The quantitative estimate of drug-likeness (QED) is 0.467. The van der Waals surface area contributed by atoms with E-state index >= 15 is 0 Å². The van der Waals surface area contributed by atoms with Crippen molar-refractivity contribution in [3.63, 3.8) is 0 Å². The van der Waals surface area contributed by atoms with Gasteiger partial charge in [0.1, 0.15) is 0 Å². The smallest absolute Gasteiger partial charge is 0.0396 e. The summed E-state index contributed by atoms with van der Waals surface area (Å²) >= 11 is 2.50. The van der Waals surface area contributed by atoms with Crippen molar-refractivity contribution in [2.45, 2.75) is 10.8 Å². The average Bonchev–Trinajstić information content (AvgIpc) is 2.07. The van der Waals surface area contributed by atoms with Gasteiger partial charge in [0, 0.05) is 9.84 Å². The topological polar surface area (TPSA) is 0 Å². The van der Waals surface area contributed by atoms with Gasteiger partial charge in [-0.2, -0.15) is 0 Å². The van der Waals surface area contributed by atoms with Crippen LogP contribution in [-0.2, 0) is 0 Å². The van der Waals surface area contributed by atoms with Gasteiger partial charge in [0.25, 0.3) is 0 Å². The first-order valence-corrected chi connectivity index (χ1v) is 5.41. The van der Waals surface area contributed by atoms with Gasteiger partial charge >= 0.3 is 0 Å². The summed E-state index contributed by atoms with van der Waals surface area (Å²) in [6.07, 6.45) is 13.3. The van der Waals surface area contributed by atoms with Gasteiger partial charge in [0.05, 0.1) is 0 Å². The number of rotatable bonds is 0. The second-order valence-corrected chi connectivity index (χ2v) is 4.65. The third kappa shape index (κ3) is 1.30. The number of fused-ring (bicyclic) bond motifs is 1. The molecule has 0 heterocycles. The zero-order chi connectivity index (χ0) is 8.55.